The maximum absolute atomic E-state index is 13.9. The molecule has 0 aliphatic heterocycles. The third-order valence-corrected chi connectivity index (χ3v) is 3.85. The van der Waals surface area contributed by atoms with E-state index < -0.39 is 17.7 Å². The van der Waals surface area contributed by atoms with Crippen LogP contribution in [-0.2, 0) is 6.42 Å². The average molecular weight is 356 g/mol. The molecule has 2 rings (SSSR count). The summed E-state index contributed by atoms with van der Waals surface area (Å²) >= 11 is 3.39. The Morgan fingerprint density at radius 2 is 1.90 bits per heavy atom. The normalized spacial score (nSPS) is 12.3. The fraction of sp³-hybridized carbons (Fsp3) is 0.250. The maximum atomic E-state index is 13.9. The molecule has 0 bridgehead atoms. The van der Waals surface area contributed by atoms with Crippen molar-refractivity contribution >= 4 is 15.9 Å². The van der Waals surface area contributed by atoms with Crippen molar-refractivity contribution in [2.24, 2.45) is 5.73 Å². The number of hydrogen-bond donors (Lipinski definition) is 1. The number of aryl methyl sites for hydroxylation is 1. The van der Waals surface area contributed by atoms with Gasteiger partial charge in [0.25, 0.3) is 0 Å². The molecular weight excluding hydrogens is 340 g/mol. The van der Waals surface area contributed by atoms with E-state index in [9.17, 15) is 8.78 Å². The molecule has 0 saturated heterocycles. The van der Waals surface area contributed by atoms with Crippen molar-refractivity contribution in [3.05, 3.63) is 63.1 Å². The molecule has 5 heteroatoms. The highest BCUT2D eigenvalue weighted by molar-refractivity contribution is 9.10. The molecule has 0 aromatic heterocycles. The molecule has 0 saturated carbocycles. The largest absolute Gasteiger partial charge is 0.496 e. The molecular formula is C16H16BrF2NO. The van der Waals surface area contributed by atoms with Gasteiger partial charge in [0.15, 0.2) is 0 Å². The molecule has 21 heavy (non-hydrogen) atoms. The Balaban J connectivity index is 2.32. The Kier molecular flexibility index (Phi) is 4.96. The predicted octanol–water partition coefficient (Wildman–Crippen LogP) is 4.29. The van der Waals surface area contributed by atoms with Gasteiger partial charge in [0.1, 0.15) is 17.4 Å². The monoisotopic (exact) mass is 355 g/mol. The molecule has 112 valence electrons. The SMILES string of the molecule is COc1ccc(Br)cc1CC(N)c1cc(C)c(F)cc1F. The highest BCUT2D eigenvalue weighted by atomic mass is 79.9. The van der Waals surface area contributed by atoms with E-state index in [1.165, 1.54) is 6.07 Å². The third kappa shape index (κ3) is 3.60. The second-order valence-corrected chi connectivity index (χ2v) is 5.81. The summed E-state index contributed by atoms with van der Waals surface area (Å²) in [5.74, 6) is -0.504. The van der Waals surface area contributed by atoms with Crippen LogP contribution in [0.25, 0.3) is 0 Å². The number of halogens is 3. The Hall–Kier alpha value is -1.46. The molecule has 0 aliphatic carbocycles. The first-order valence-corrected chi connectivity index (χ1v) is 7.25. The van der Waals surface area contributed by atoms with Crippen LogP contribution in [0.2, 0.25) is 0 Å². The number of rotatable bonds is 4. The molecule has 0 amide bonds. The van der Waals surface area contributed by atoms with E-state index in [4.69, 9.17) is 10.5 Å². The molecule has 2 aromatic carbocycles. The Morgan fingerprint density at radius 1 is 1.19 bits per heavy atom. The van der Waals surface area contributed by atoms with Crippen LogP contribution in [0, 0.1) is 18.6 Å². The van der Waals surface area contributed by atoms with Crippen LogP contribution in [0.5, 0.6) is 5.75 Å². The van der Waals surface area contributed by atoms with E-state index >= 15 is 0 Å². The maximum Gasteiger partial charge on any atom is 0.130 e. The lowest BCUT2D eigenvalue weighted by molar-refractivity contribution is 0.407. The molecule has 0 radical (unpaired) electrons. The van der Waals surface area contributed by atoms with Gasteiger partial charge < -0.3 is 10.5 Å². The van der Waals surface area contributed by atoms with Gasteiger partial charge in [-0.25, -0.2) is 8.78 Å². The lowest BCUT2D eigenvalue weighted by Gasteiger charge is -2.16. The van der Waals surface area contributed by atoms with Gasteiger partial charge >= 0.3 is 0 Å². The van der Waals surface area contributed by atoms with Crippen molar-refractivity contribution in [2.45, 2.75) is 19.4 Å². The molecule has 0 aliphatic rings. The first-order chi connectivity index (χ1) is 9.92. The molecule has 2 aromatic rings. The quantitative estimate of drug-likeness (QED) is 0.887. The highest BCUT2D eigenvalue weighted by Gasteiger charge is 2.16. The Morgan fingerprint density at radius 3 is 2.57 bits per heavy atom. The smallest absolute Gasteiger partial charge is 0.130 e. The lowest BCUT2D eigenvalue weighted by Crippen LogP contribution is -2.16. The average Bonchev–Trinajstić information content (AvgIpc) is 2.43. The molecule has 2 nitrogen and oxygen atoms in total. The van der Waals surface area contributed by atoms with Gasteiger partial charge in [-0.05, 0) is 48.7 Å². The van der Waals surface area contributed by atoms with Gasteiger partial charge in [-0.15, -0.1) is 0 Å². The molecule has 1 atom stereocenters. The molecule has 1 unspecified atom stereocenters. The minimum atomic E-state index is -0.625. The zero-order chi connectivity index (χ0) is 15.6. The second kappa shape index (κ2) is 6.54. The van der Waals surface area contributed by atoms with Gasteiger partial charge in [-0.2, -0.15) is 0 Å². The summed E-state index contributed by atoms with van der Waals surface area (Å²) in [7, 11) is 1.57. The van der Waals surface area contributed by atoms with Gasteiger partial charge in [-0.3, -0.25) is 0 Å². The zero-order valence-electron chi connectivity index (χ0n) is 11.8. The van der Waals surface area contributed by atoms with Gasteiger partial charge in [0, 0.05) is 22.1 Å². The molecule has 0 fully saturated rings. The standard InChI is InChI=1S/C16H16BrF2NO/c1-9-5-12(14(19)8-13(9)18)15(20)7-10-6-11(17)3-4-16(10)21-2/h3-6,8,15H,7,20H2,1-2H3. The molecule has 0 heterocycles. The van der Waals surface area contributed by atoms with Gasteiger partial charge in [-0.1, -0.05) is 15.9 Å². The summed E-state index contributed by atoms with van der Waals surface area (Å²) in [5, 5.41) is 0. The summed E-state index contributed by atoms with van der Waals surface area (Å²) in [5.41, 5.74) is 7.63. The van der Waals surface area contributed by atoms with E-state index in [0.29, 0.717) is 23.3 Å². The van der Waals surface area contributed by atoms with Crippen molar-refractivity contribution in [3.8, 4) is 5.75 Å². The van der Waals surface area contributed by atoms with Crippen LogP contribution in [-0.4, -0.2) is 7.11 Å². The van der Waals surface area contributed by atoms with E-state index in [-0.39, 0.29) is 0 Å². The minimum Gasteiger partial charge on any atom is -0.496 e. The topological polar surface area (TPSA) is 35.2 Å². The van der Waals surface area contributed by atoms with Crippen molar-refractivity contribution < 1.29 is 13.5 Å². The molecule has 2 N–H and O–H groups in total. The van der Waals surface area contributed by atoms with E-state index in [0.717, 1.165) is 16.1 Å². The van der Waals surface area contributed by atoms with Crippen LogP contribution in [0.15, 0.2) is 34.8 Å². The van der Waals surface area contributed by atoms with Crippen molar-refractivity contribution in [2.75, 3.05) is 7.11 Å². The number of hydrogen-bond acceptors (Lipinski definition) is 2. The van der Waals surface area contributed by atoms with Crippen LogP contribution in [0.4, 0.5) is 8.78 Å². The fourth-order valence-electron chi connectivity index (χ4n) is 2.22. The minimum absolute atomic E-state index is 0.302. The summed E-state index contributed by atoms with van der Waals surface area (Å²) < 4.78 is 33.4. The fourth-order valence-corrected chi connectivity index (χ4v) is 2.63. The van der Waals surface area contributed by atoms with Gasteiger partial charge in [0.05, 0.1) is 7.11 Å². The predicted molar refractivity (Wildman–Crippen MR) is 82.4 cm³/mol. The van der Waals surface area contributed by atoms with Crippen LogP contribution < -0.4 is 10.5 Å². The number of methoxy groups -OCH3 is 1. The lowest BCUT2D eigenvalue weighted by atomic mass is 9.97. The zero-order valence-corrected chi connectivity index (χ0v) is 13.4. The van der Waals surface area contributed by atoms with E-state index in [1.54, 1.807) is 14.0 Å². The first kappa shape index (κ1) is 15.9. The molecule has 0 spiro atoms. The van der Waals surface area contributed by atoms with E-state index in [1.807, 2.05) is 18.2 Å². The number of ether oxygens (including phenoxy) is 1. The first-order valence-electron chi connectivity index (χ1n) is 6.46. The van der Waals surface area contributed by atoms with Gasteiger partial charge in [0.2, 0.25) is 0 Å². The summed E-state index contributed by atoms with van der Waals surface area (Å²) in [6, 6.07) is 7.32. The van der Waals surface area contributed by atoms with Crippen molar-refractivity contribution in [1.82, 2.24) is 0 Å². The van der Waals surface area contributed by atoms with E-state index in [2.05, 4.69) is 15.9 Å². The van der Waals surface area contributed by atoms with Crippen molar-refractivity contribution in [1.29, 1.82) is 0 Å². The second-order valence-electron chi connectivity index (χ2n) is 4.89. The summed E-state index contributed by atoms with van der Waals surface area (Å²) in [6.07, 6.45) is 0.393. The number of benzene rings is 2. The van der Waals surface area contributed by atoms with Crippen LogP contribution >= 0.6 is 15.9 Å². The van der Waals surface area contributed by atoms with Crippen LogP contribution in [0.1, 0.15) is 22.7 Å². The highest BCUT2D eigenvalue weighted by Crippen LogP contribution is 2.28. The summed E-state index contributed by atoms with van der Waals surface area (Å²) in [4.78, 5) is 0. The summed E-state index contributed by atoms with van der Waals surface area (Å²) in [6.45, 7) is 1.59. The van der Waals surface area contributed by atoms with Crippen LogP contribution in [0.3, 0.4) is 0 Å². The third-order valence-electron chi connectivity index (χ3n) is 3.36. The Labute approximate surface area is 131 Å². The van der Waals surface area contributed by atoms with Crippen molar-refractivity contribution in [3.63, 3.8) is 0 Å². The number of nitrogens with two attached hydrogens (primary N) is 1. The Bertz CT molecular complexity index is 661.